The molecule has 0 saturated carbocycles. The van der Waals surface area contributed by atoms with Crippen molar-refractivity contribution in [1.29, 1.82) is 0 Å². The first-order chi connectivity index (χ1) is 8.79. The van der Waals surface area contributed by atoms with E-state index in [0.717, 1.165) is 21.4 Å². The molecule has 0 saturated heterocycles. The van der Waals surface area contributed by atoms with Gasteiger partial charge in [-0.2, -0.15) is 18.3 Å². The predicted octanol–water partition coefficient (Wildman–Crippen LogP) is 1.79. The van der Waals surface area contributed by atoms with Crippen molar-refractivity contribution in [2.75, 3.05) is 0 Å². The Balaban J connectivity index is 2.47. The van der Waals surface area contributed by atoms with E-state index in [4.69, 9.17) is 0 Å². The highest BCUT2D eigenvalue weighted by Gasteiger charge is 2.33. The lowest BCUT2D eigenvalue weighted by Gasteiger charge is -2.12. The maximum atomic E-state index is 13.1. The highest BCUT2D eigenvalue weighted by molar-refractivity contribution is 5.30. The van der Waals surface area contributed by atoms with Crippen molar-refractivity contribution >= 4 is 0 Å². The Morgan fingerprint density at radius 1 is 1.32 bits per heavy atom. The van der Waals surface area contributed by atoms with Crippen LogP contribution in [0.3, 0.4) is 0 Å². The Labute approximate surface area is 104 Å². The topological polar surface area (TPSA) is 39.8 Å². The molecular formula is C11H9F4N3O. The summed E-state index contributed by atoms with van der Waals surface area (Å²) in [5, 5.41) is 3.64. The third kappa shape index (κ3) is 2.67. The molecule has 0 atom stereocenters. The first-order valence-corrected chi connectivity index (χ1v) is 5.23. The molecule has 1 aromatic carbocycles. The van der Waals surface area contributed by atoms with E-state index in [9.17, 15) is 22.4 Å². The van der Waals surface area contributed by atoms with Crippen LogP contribution in [0.1, 0.15) is 11.1 Å². The number of hydrogen-bond donors (Lipinski definition) is 0. The molecule has 0 N–H and O–H groups in total. The van der Waals surface area contributed by atoms with Crippen molar-refractivity contribution < 1.29 is 17.6 Å². The van der Waals surface area contributed by atoms with Gasteiger partial charge in [0.15, 0.2) is 0 Å². The lowest BCUT2D eigenvalue weighted by atomic mass is 10.1. The SMILES string of the molecule is Cn1cnn(Cc2cc(F)ccc2C(F)(F)F)c1=O. The van der Waals surface area contributed by atoms with Crippen LogP contribution in [0.25, 0.3) is 0 Å². The normalized spacial score (nSPS) is 11.8. The second-order valence-corrected chi connectivity index (χ2v) is 3.98. The Morgan fingerprint density at radius 2 is 2.00 bits per heavy atom. The van der Waals surface area contributed by atoms with Crippen molar-refractivity contribution in [2.24, 2.45) is 7.05 Å². The standard InChI is InChI=1S/C11H9F4N3O/c1-17-6-16-18(10(17)19)5-7-4-8(12)2-3-9(7)11(13,14)15/h2-4,6H,5H2,1H3. The van der Waals surface area contributed by atoms with Crippen molar-refractivity contribution in [2.45, 2.75) is 12.7 Å². The van der Waals surface area contributed by atoms with E-state index in [-0.39, 0.29) is 5.56 Å². The summed E-state index contributed by atoms with van der Waals surface area (Å²) in [6.45, 7) is -0.438. The lowest BCUT2D eigenvalue weighted by molar-refractivity contribution is -0.138. The fraction of sp³-hybridized carbons (Fsp3) is 0.273. The van der Waals surface area contributed by atoms with E-state index in [1.165, 1.54) is 13.4 Å². The zero-order chi connectivity index (χ0) is 14.2. The van der Waals surface area contributed by atoms with Gasteiger partial charge in [0.25, 0.3) is 0 Å². The molecule has 0 aliphatic rings. The smallest absolute Gasteiger partial charge is 0.285 e. The molecule has 0 unspecified atom stereocenters. The van der Waals surface area contributed by atoms with E-state index in [0.29, 0.717) is 6.07 Å². The third-order valence-corrected chi connectivity index (χ3v) is 2.58. The first kappa shape index (κ1) is 13.3. The minimum Gasteiger partial charge on any atom is -0.285 e. The third-order valence-electron chi connectivity index (χ3n) is 2.58. The van der Waals surface area contributed by atoms with Gasteiger partial charge < -0.3 is 0 Å². The number of rotatable bonds is 2. The summed E-state index contributed by atoms with van der Waals surface area (Å²) in [6.07, 6.45) is -3.43. The van der Waals surface area contributed by atoms with Crippen molar-refractivity contribution in [1.82, 2.24) is 14.3 Å². The second-order valence-electron chi connectivity index (χ2n) is 3.98. The van der Waals surface area contributed by atoms with Crippen LogP contribution in [0.5, 0.6) is 0 Å². The molecule has 1 aromatic heterocycles. The van der Waals surface area contributed by atoms with E-state index in [1.807, 2.05) is 0 Å². The van der Waals surface area contributed by atoms with Crippen molar-refractivity contribution in [3.8, 4) is 0 Å². The molecule has 0 aliphatic heterocycles. The van der Waals surface area contributed by atoms with Gasteiger partial charge in [0.05, 0.1) is 12.1 Å². The van der Waals surface area contributed by atoms with Crippen LogP contribution >= 0.6 is 0 Å². The highest BCUT2D eigenvalue weighted by Crippen LogP contribution is 2.32. The first-order valence-electron chi connectivity index (χ1n) is 5.23. The van der Waals surface area contributed by atoms with Gasteiger partial charge in [-0.05, 0) is 23.8 Å². The van der Waals surface area contributed by atoms with Gasteiger partial charge in [0.1, 0.15) is 12.1 Å². The zero-order valence-electron chi connectivity index (χ0n) is 9.78. The number of nitrogens with zero attached hydrogens (tertiary/aromatic N) is 3. The minimum atomic E-state index is -4.61. The quantitative estimate of drug-likeness (QED) is 0.784. The summed E-state index contributed by atoms with van der Waals surface area (Å²) < 4.78 is 53.3. The largest absolute Gasteiger partial charge is 0.416 e. The highest BCUT2D eigenvalue weighted by atomic mass is 19.4. The molecule has 0 aliphatic carbocycles. The van der Waals surface area contributed by atoms with Gasteiger partial charge in [0.2, 0.25) is 0 Å². The summed E-state index contributed by atoms with van der Waals surface area (Å²) in [5.74, 6) is -0.799. The molecule has 2 aromatic rings. The van der Waals surface area contributed by atoms with Crippen molar-refractivity contribution in [3.05, 3.63) is 52.0 Å². The van der Waals surface area contributed by atoms with Gasteiger partial charge >= 0.3 is 11.9 Å². The van der Waals surface area contributed by atoms with Gasteiger partial charge in [-0.3, -0.25) is 4.57 Å². The molecule has 102 valence electrons. The molecule has 0 radical (unpaired) electrons. The molecule has 0 spiro atoms. The number of benzene rings is 1. The molecule has 0 amide bonds. The van der Waals surface area contributed by atoms with Gasteiger partial charge in [-0.15, -0.1) is 0 Å². The van der Waals surface area contributed by atoms with Gasteiger partial charge in [-0.1, -0.05) is 0 Å². The summed E-state index contributed by atoms with van der Waals surface area (Å²) in [4.78, 5) is 11.5. The minimum absolute atomic E-state index is 0.340. The van der Waals surface area contributed by atoms with E-state index < -0.39 is 29.8 Å². The maximum Gasteiger partial charge on any atom is 0.416 e. The Kier molecular flexibility index (Phi) is 3.17. The monoisotopic (exact) mass is 275 g/mol. The van der Waals surface area contributed by atoms with Crippen LogP contribution in [0, 0.1) is 5.82 Å². The van der Waals surface area contributed by atoms with Crippen LogP contribution in [0.4, 0.5) is 17.6 Å². The summed E-state index contributed by atoms with van der Waals surface area (Å²) >= 11 is 0. The number of alkyl halides is 3. The number of aromatic nitrogens is 3. The number of halogens is 4. The van der Waals surface area contributed by atoms with Crippen LogP contribution in [0.15, 0.2) is 29.3 Å². The fourth-order valence-electron chi connectivity index (χ4n) is 1.66. The van der Waals surface area contributed by atoms with E-state index in [2.05, 4.69) is 5.10 Å². The molecule has 19 heavy (non-hydrogen) atoms. The molecule has 4 nitrogen and oxygen atoms in total. The predicted molar refractivity (Wildman–Crippen MR) is 58.0 cm³/mol. The Bertz CT molecular complexity index is 657. The molecule has 1 heterocycles. The van der Waals surface area contributed by atoms with E-state index >= 15 is 0 Å². The molecule has 2 rings (SSSR count). The van der Waals surface area contributed by atoms with Crippen LogP contribution in [0.2, 0.25) is 0 Å². The molecule has 8 heteroatoms. The van der Waals surface area contributed by atoms with Crippen molar-refractivity contribution in [3.63, 3.8) is 0 Å². The van der Waals surface area contributed by atoms with Crippen LogP contribution in [-0.2, 0) is 19.8 Å². The van der Waals surface area contributed by atoms with Crippen LogP contribution < -0.4 is 5.69 Å². The van der Waals surface area contributed by atoms with Crippen LogP contribution in [-0.4, -0.2) is 14.3 Å². The second kappa shape index (κ2) is 4.52. The molecule has 0 bridgehead atoms. The molecule has 0 fully saturated rings. The number of aryl methyl sites for hydroxylation is 1. The summed E-state index contributed by atoms with van der Waals surface area (Å²) in [7, 11) is 1.42. The summed E-state index contributed by atoms with van der Waals surface area (Å²) in [5.41, 5.74) is -1.89. The fourth-order valence-corrected chi connectivity index (χ4v) is 1.66. The zero-order valence-corrected chi connectivity index (χ0v) is 9.78. The molecular weight excluding hydrogens is 266 g/mol. The number of hydrogen-bond acceptors (Lipinski definition) is 2. The van der Waals surface area contributed by atoms with Gasteiger partial charge in [0, 0.05) is 7.05 Å². The Hall–Kier alpha value is -2.12. The maximum absolute atomic E-state index is 13.1. The summed E-state index contributed by atoms with van der Waals surface area (Å²) in [6, 6.07) is 2.14. The average molecular weight is 275 g/mol. The van der Waals surface area contributed by atoms with E-state index in [1.54, 1.807) is 0 Å². The lowest BCUT2D eigenvalue weighted by Crippen LogP contribution is -2.24. The average Bonchev–Trinajstić information content (AvgIpc) is 2.59. The Morgan fingerprint density at radius 3 is 2.53 bits per heavy atom. The van der Waals surface area contributed by atoms with Gasteiger partial charge in [-0.25, -0.2) is 13.9 Å².